The minimum absolute atomic E-state index is 0.128. The number of carbonyl (C=O) groups excluding carboxylic acids is 1. The first kappa shape index (κ1) is 17.2. The number of benzene rings is 2. The van der Waals surface area contributed by atoms with Gasteiger partial charge in [-0.25, -0.2) is 0 Å². The van der Waals surface area contributed by atoms with Crippen LogP contribution in [0, 0.1) is 0 Å². The van der Waals surface area contributed by atoms with Crippen molar-refractivity contribution in [2.45, 2.75) is 13.5 Å². The molecule has 2 rings (SSSR count). The van der Waals surface area contributed by atoms with E-state index >= 15 is 0 Å². The van der Waals surface area contributed by atoms with Gasteiger partial charge in [-0.1, -0.05) is 41.9 Å². The molecule has 0 fully saturated rings. The number of carbonyl (C=O) groups is 1. The molecule has 0 aliphatic heterocycles. The predicted octanol–water partition coefficient (Wildman–Crippen LogP) is 4.02. The van der Waals surface area contributed by atoms with Crippen LogP contribution in [0.3, 0.4) is 0 Å². The zero-order valence-corrected chi connectivity index (χ0v) is 14.3. The van der Waals surface area contributed by atoms with Crippen LogP contribution in [-0.2, 0) is 6.54 Å². The number of rotatable bonds is 6. The summed E-state index contributed by atoms with van der Waals surface area (Å²) < 4.78 is 10.8. The van der Waals surface area contributed by atoms with Crippen LogP contribution < -0.4 is 9.47 Å². The van der Waals surface area contributed by atoms with Crippen LogP contribution >= 0.6 is 11.6 Å². The van der Waals surface area contributed by atoms with Gasteiger partial charge in [0.05, 0.1) is 18.7 Å². The van der Waals surface area contributed by atoms with Crippen molar-refractivity contribution in [3.05, 3.63) is 58.6 Å². The molecule has 0 atom stereocenters. The van der Waals surface area contributed by atoms with E-state index in [1.54, 1.807) is 24.1 Å². The molecule has 2 aromatic carbocycles. The maximum atomic E-state index is 12.6. The zero-order chi connectivity index (χ0) is 16.8. The maximum Gasteiger partial charge on any atom is 0.254 e. The molecular weight excluding hydrogens is 314 g/mol. The molecule has 0 aliphatic carbocycles. The molecule has 2 aromatic rings. The molecule has 1 amide bonds. The van der Waals surface area contributed by atoms with Crippen molar-refractivity contribution in [2.75, 3.05) is 20.8 Å². The van der Waals surface area contributed by atoms with E-state index in [1.165, 1.54) is 7.11 Å². The fourth-order valence-corrected chi connectivity index (χ4v) is 2.54. The molecule has 0 N–H and O–H groups in total. The summed E-state index contributed by atoms with van der Waals surface area (Å²) >= 11 is 6.23. The molecule has 0 saturated carbocycles. The van der Waals surface area contributed by atoms with E-state index in [4.69, 9.17) is 21.1 Å². The highest BCUT2D eigenvalue weighted by atomic mass is 35.5. The first-order chi connectivity index (χ1) is 11.1. The minimum atomic E-state index is -0.128. The predicted molar refractivity (Wildman–Crippen MR) is 91.4 cm³/mol. The van der Waals surface area contributed by atoms with Crippen LogP contribution in [0.15, 0.2) is 42.5 Å². The van der Waals surface area contributed by atoms with Crippen molar-refractivity contribution in [3.8, 4) is 11.5 Å². The van der Waals surface area contributed by atoms with Gasteiger partial charge < -0.3 is 14.4 Å². The summed E-state index contributed by atoms with van der Waals surface area (Å²) in [5, 5.41) is 0.364. The van der Waals surface area contributed by atoms with Gasteiger partial charge >= 0.3 is 0 Å². The second-order valence-electron chi connectivity index (χ2n) is 5.07. The van der Waals surface area contributed by atoms with Gasteiger partial charge in [-0.3, -0.25) is 4.79 Å². The lowest BCUT2D eigenvalue weighted by Crippen LogP contribution is -2.26. The van der Waals surface area contributed by atoms with Gasteiger partial charge in [-0.05, 0) is 24.6 Å². The second kappa shape index (κ2) is 7.88. The number of amides is 1. The Labute approximate surface area is 141 Å². The van der Waals surface area contributed by atoms with Crippen molar-refractivity contribution in [2.24, 2.45) is 0 Å². The van der Waals surface area contributed by atoms with Gasteiger partial charge in [0.15, 0.2) is 11.5 Å². The summed E-state index contributed by atoms with van der Waals surface area (Å²) in [4.78, 5) is 14.2. The van der Waals surface area contributed by atoms with Crippen LogP contribution in [0.4, 0.5) is 0 Å². The summed E-state index contributed by atoms with van der Waals surface area (Å²) in [7, 11) is 3.28. The standard InChI is InChI=1S/C18H20ClNO3/c1-4-23-17-15(19)10-14(11-16(17)22-3)18(21)20(2)12-13-8-6-5-7-9-13/h5-11H,4,12H2,1-3H3. The molecule has 0 aliphatic rings. The van der Waals surface area contributed by atoms with Crippen molar-refractivity contribution in [3.63, 3.8) is 0 Å². The van der Waals surface area contributed by atoms with Crippen LogP contribution in [0.2, 0.25) is 5.02 Å². The van der Waals surface area contributed by atoms with Crippen molar-refractivity contribution < 1.29 is 14.3 Å². The Morgan fingerprint density at radius 3 is 2.52 bits per heavy atom. The third-order valence-electron chi connectivity index (χ3n) is 3.37. The molecule has 0 bridgehead atoms. The van der Waals surface area contributed by atoms with Gasteiger partial charge in [0.1, 0.15) is 0 Å². The Bertz CT molecular complexity index is 673. The number of hydrogen-bond donors (Lipinski definition) is 0. The lowest BCUT2D eigenvalue weighted by molar-refractivity contribution is 0.0784. The molecule has 23 heavy (non-hydrogen) atoms. The number of methoxy groups -OCH3 is 1. The Hall–Kier alpha value is -2.20. The quantitative estimate of drug-likeness (QED) is 0.801. The Kier molecular flexibility index (Phi) is 5.88. The van der Waals surface area contributed by atoms with E-state index in [-0.39, 0.29) is 5.91 Å². The summed E-state index contributed by atoms with van der Waals surface area (Å²) in [6.45, 7) is 2.85. The molecule has 0 radical (unpaired) electrons. The first-order valence-electron chi connectivity index (χ1n) is 7.36. The van der Waals surface area contributed by atoms with Gasteiger partial charge in [-0.2, -0.15) is 0 Å². The highest BCUT2D eigenvalue weighted by Crippen LogP contribution is 2.36. The van der Waals surface area contributed by atoms with Crippen molar-refractivity contribution in [1.82, 2.24) is 4.90 Å². The summed E-state index contributed by atoms with van der Waals surface area (Å²) in [5.74, 6) is 0.784. The fourth-order valence-electron chi connectivity index (χ4n) is 2.28. The molecular formula is C18H20ClNO3. The molecule has 0 unspecified atom stereocenters. The second-order valence-corrected chi connectivity index (χ2v) is 5.48. The topological polar surface area (TPSA) is 38.8 Å². The molecule has 0 heterocycles. The van der Waals surface area contributed by atoms with Crippen LogP contribution in [0.5, 0.6) is 11.5 Å². The van der Waals surface area contributed by atoms with Crippen molar-refractivity contribution in [1.29, 1.82) is 0 Å². The van der Waals surface area contributed by atoms with Crippen LogP contribution in [0.1, 0.15) is 22.8 Å². The largest absolute Gasteiger partial charge is 0.493 e. The molecule has 5 heteroatoms. The maximum absolute atomic E-state index is 12.6. The smallest absolute Gasteiger partial charge is 0.254 e. The minimum Gasteiger partial charge on any atom is -0.493 e. The lowest BCUT2D eigenvalue weighted by Gasteiger charge is -2.19. The highest BCUT2D eigenvalue weighted by Gasteiger charge is 2.18. The number of halogens is 1. The third-order valence-corrected chi connectivity index (χ3v) is 3.66. The highest BCUT2D eigenvalue weighted by molar-refractivity contribution is 6.32. The van der Waals surface area contributed by atoms with E-state index < -0.39 is 0 Å². The molecule has 0 saturated heterocycles. The summed E-state index contributed by atoms with van der Waals surface area (Å²) in [5.41, 5.74) is 1.53. The molecule has 4 nitrogen and oxygen atoms in total. The fraction of sp³-hybridized carbons (Fsp3) is 0.278. The molecule has 0 aromatic heterocycles. The van der Waals surface area contributed by atoms with E-state index in [9.17, 15) is 4.79 Å². The monoisotopic (exact) mass is 333 g/mol. The Morgan fingerprint density at radius 2 is 1.91 bits per heavy atom. The SMILES string of the molecule is CCOc1c(Cl)cc(C(=O)N(C)Cc2ccccc2)cc1OC. The average Bonchev–Trinajstić information content (AvgIpc) is 2.56. The van der Waals surface area contributed by atoms with Gasteiger partial charge in [-0.15, -0.1) is 0 Å². The molecule has 122 valence electrons. The van der Waals surface area contributed by atoms with E-state index in [1.807, 2.05) is 37.3 Å². The average molecular weight is 334 g/mol. The van der Waals surface area contributed by atoms with Gasteiger partial charge in [0.2, 0.25) is 0 Å². The normalized spacial score (nSPS) is 10.3. The van der Waals surface area contributed by atoms with Crippen LogP contribution in [0.25, 0.3) is 0 Å². The van der Waals surface area contributed by atoms with Gasteiger partial charge in [0.25, 0.3) is 5.91 Å². The summed E-state index contributed by atoms with van der Waals surface area (Å²) in [6, 6.07) is 13.1. The Morgan fingerprint density at radius 1 is 1.22 bits per heavy atom. The summed E-state index contributed by atoms with van der Waals surface area (Å²) in [6.07, 6.45) is 0. The Balaban J connectivity index is 2.23. The first-order valence-corrected chi connectivity index (χ1v) is 7.74. The lowest BCUT2D eigenvalue weighted by atomic mass is 10.1. The van der Waals surface area contributed by atoms with Crippen LogP contribution in [-0.4, -0.2) is 31.6 Å². The van der Waals surface area contributed by atoms with E-state index in [0.717, 1.165) is 5.56 Å². The molecule has 0 spiro atoms. The van der Waals surface area contributed by atoms with E-state index in [2.05, 4.69) is 0 Å². The number of nitrogens with zero attached hydrogens (tertiary/aromatic N) is 1. The third kappa shape index (κ3) is 4.17. The number of ether oxygens (including phenoxy) is 2. The van der Waals surface area contributed by atoms with Gasteiger partial charge in [0, 0.05) is 19.2 Å². The number of hydrogen-bond acceptors (Lipinski definition) is 3. The van der Waals surface area contributed by atoms with E-state index in [0.29, 0.717) is 35.2 Å². The van der Waals surface area contributed by atoms with Crippen molar-refractivity contribution >= 4 is 17.5 Å². The zero-order valence-electron chi connectivity index (χ0n) is 13.5.